The van der Waals surface area contributed by atoms with Gasteiger partial charge in [-0.1, -0.05) is 30.3 Å². The Kier molecular flexibility index (Phi) is 6.12. The van der Waals surface area contributed by atoms with Gasteiger partial charge in [-0.2, -0.15) is 0 Å². The number of methoxy groups -OCH3 is 2. The summed E-state index contributed by atoms with van der Waals surface area (Å²) in [4.78, 5) is 12.1. The van der Waals surface area contributed by atoms with Crippen molar-refractivity contribution in [2.24, 2.45) is 0 Å². The van der Waals surface area contributed by atoms with Crippen LogP contribution in [0.5, 0.6) is 11.5 Å². The van der Waals surface area contributed by atoms with E-state index in [1.165, 1.54) is 11.1 Å². The van der Waals surface area contributed by atoms with Gasteiger partial charge in [0.2, 0.25) is 0 Å². The molecule has 1 aliphatic heterocycles. The van der Waals surface area contributed by atoms with Gasteiger partial charge in [-0.25, -0.2) is 0 Å². The molecular formula is C21H25NO4. The van der Waals surface area contributed by atoms with E-state index in [9.17, 15) is 4.79 Å². The summed E-state index contributed by atoms with van der Waals surface area (Å²) >= 11 is 0. The van der Waals surface area contributed by atoms with E-state index in [4.69, 9.17) is 14.2 Å². The number of ether oxygens (including phenoxy) is 3. The molecule has 1 unspecified atom stereocenters. The molecule has 26 heavy (non-hydrogen) atoms. The zero-order chi connectivity index (χ0) is 18.4. The molecule has 0 radical (unpaired) electrons. The first-order valence-electron chi connectivity index (χ1n) is 8.86. The number of carbonyl (C=O) groups is 1. The van der Waals surface area contributed by atoms with Gasteiger partial charge < -0.3 is 19.5 Å². The smallest absolute Gasteiger partial charge is 0.306 e. The molecule has 2 aromatic carbocycles. The number of hydrogen-bond donors (Lipinski definition) is 1. The largest absolute Gasteiger partial charge is 0.493 e. The summed E-state index contributed by atoms with van der Waals surface area (Å²) < 4.78 is 16.2. The Labute approximate surface area is 154 Å². The van der Waals surface area contributed by atoms with Gasteiger partial charge in [0, 0.05) is 19.5 Å². The molecule has 5 heteroatoms. The molecule has 0 amide bonds. The minimum atomic E-state index is -0.165. The van der Waals surface area contributed by atoms with Crippen molar-refractivity contribution in [3.05, 3.63) is 59.2 Å². The van der Waals surface area contributed by atoms with Crippen LogP contribution >= 0.6 is 0 Å². The highest BCUT2D eigenvalue weighted by Gasteiger charge is 2.23. The highest BCUT2D eigenvalue weighted by Crippen LogP contribution is 2.37. The Morgan fingerprint density at radius 1 is 1.12 bits per heavy atom. The molecule has 2 aromatic rings. The average molecular weight is 355 g/mol. The Morgan fingerprint density at radius 3 is 2.58 bits per heavy atom. The van der Waals surface area contributed by atoms with Crippen molar-refractivity contribution in [3.63, 3.8) is 0 Å². The summed E-state index contributed by atoms with van der Waals surface area (Å²) in [6, 6.07) is 13.8. The van der Waals surface area contributed by atoms with Gasteiger partial charge in [-0.15, -0.1) is 0 Å². The second-order valence-corrected chi connectivity index (χ2v) is 6.42. The molecule has 0 fully saturated rings. The topological polar surface area (TPSA) is 56.8 Å². The van der Waals surface area contributed by atoms with Crippen LogP contribution in [0.3, 0.4) is 0 Å². The molecule has 0 saturated carbocycles. The molecule has 0 spiro atoms. The van der Waals surface area contributed by atoms with Crippen LogP contribution in [-0.2, 0) is 22.7 Å². The van der Waals surface area contributed by atoms with Gasteiger partial charge in [0.05, 0.1) is 14.2 Å². The highest BCUT2D eigenvalue weighted by molar-refractivity contribution is 5.69. The SMILES string of the molecule is COc1cc2c(cc1OC)C(CCC(=O)OCc1ccccc1)CNC2. The van der Waals surface area contributed by atoms with Crippen molar-refractivity contribution in [2.45, 2.75) is 31.9 Å². The number of hydrogen-bond acceptors (Lipinski definition) is 5. The van der Waals surface area contributed by atoms with E-state index in [1.54, 1.807) is 14.2 Å². The van der Waals surface area contributed by atoms with E-state index in [2.05, 4.69) is 5.32 Å². The molecule has 1 heterocycles. The van der Waals surface area contributed by atoms with Crippen molar-refractivity contribution in [2.75, 3.05) is 20.8 Å². The van der Waals surface area contributed by atoms with E-state index in [1.807, 2.05) is 42.5 Å². The van der Waals surface area contributed by atoms with Crippen LogP contribution in [0, 0.1) is 0 Å². The van der Waals surface area contributed by atoms with Gasteiger partial charge in [0.15, 0.2) is 11.5 Å². The fourth-order valence-electron chi connectivity index (χ4n) is 3.32. The van der Waals surface area contributed by atoms with Gasteiger partial charge >= 0.3 is 5.97 Å². The minimum Gasteiger partial charge on any atom is -0.493 e. The third kappa shape index (κ3) is 4.35. The second-order valence-electron chi connectivity index (χ2n) is 6.42. The lowest BCUT2D eigenvalue weighted by atomic mass is 9.87. The number of esters is 1. The standard InChI is InChI=1S/C21H25NO4/c1-24-19-10-17-13-22-12-16(18(17)11-20(19)25-2)8-9-21(23)26-14-15-6-4-3-5-7-15/h3-7,10-11,16,22H,8-9,12-14H2,1-2H3. The quantitative estimate of drug-likeness (QED) is 0.772. The molecule has 1 aliphatic rings. The zero-order valence-corrected chi connectivity index (χ0v) is 15.3. The molecule has 3 rings (SSSR count). The Hall–Kier alpha value is -2.53. The first-order valence-corrected chi connectivity index (χ1v) is 8.86. The van der Waals surface area contributed by atoms with Crippen molar-refractivity contribution in [1.82, 2.24) is 5.32 Å². The first-order chi connectivity index (χ1) is 12.7. The van der Waals surface area contributed by atoms with E-state index >= 15 is 0 Å². The van der Waals surface area contributed by atoms with E-state index in [-0.39, 0.29) is 11.9 Å². The minimum absolute atomic E-state index is 0.165. The summed E-state index contributed by atoms with van der Waals surface area (Å²) in [5, 5.41) is 3.41. The van der Waals surface area contributed by atoms with Crippen molar-refractivity contribution >= 4 is 5.97 Å². The summed E-state index contributed by atoms with van der Waals surface area (Å²) in [6.07, 6.45) is 1.13. The molecule has 1 N–H and O–H groups in total. The number of nitrogens with one attached hydrogen (secondary N) is 1. The normalized spacial score (nSPS) is 15.8. The molecular weight excluding hydrogens is 330 g/mol. The second kappa shape index (κ2) is 8.72. The predicted molar refractivity (Wildman–Crippen MR) is 99.5 cm³/mol. The van der Waals surface area contributed by atoms with Gasteiger partial charge in [-0.3, -0.25) is 4.79 Å². The lowest BCUT2D eigenvalue weighted by Crippen LogP contribution is -2.28. The number of fused-ring (bicyclic) bond motifs is 1. The summed E-state index contributed by atoms with van der Waals surface area (Å²) in [5.74, 6) is 1.55. The highest BCUT2D eigenvalue weighted by atomic mass is 16.5. The maximum absolute atomic E-state index is 12.1. The van der Waals surface area contributed by atoms with Crippen LogP contribution in [0.25, 0.3) is 0 Å². The Morgan fingerprint density at radius 2 is 1.85 bits per heavy atom. The van der Waals surface area contributed by atoms with Crippen LogP contribution < -0.4 is 14.8 Å². The number of benzene rings is 2. The summed E-state index contributed by atoms with van der Waals surface area (Å²) in [6.45, 7) is 1.96. The van der Waals surface area contributed by atoms with Gasteiger partial charge in [-0.05, 0) is 41.2 Å². The fraction of sp³-hybridized carbons (Fsp3) is 0.381. The average Bonchev–Trinajstić information content (AvgIpc) is 2.70. The number of carbonyl (C=O) groups excluding carboxylic acids is 1. The van der Waals surface area contributed by atoms with E-state index < -0.39 is 0 Å². The lowest BCUT2D eigenvalue weighted by Gasteiger charge is -2.27. The van der Waals surface area contributed by atoms with Crippen LogP contribution in [0.2, 0.25) is 0 Å². The molecule has 0 aliphatic carbocycles. The molecule has 0 saturated heterocycles. The molecule has 5 nitrogen and oxygen atoms in total. The van der Waals surface area contributed by atoms with E-state index in [0.717, 1.165) is 36.6 Å². The predicted octanol–water partition coefficient (Wildman–Crippen LogP) is 3.41. The number of rotatable bonds is 7. The van der Waals surface area contributed by atoms with E-state index in [0.29, 0.717) is 13.0 Å². The Bertz CT molecular complexity index is 745. The van der Waals surface area contributed by atoms with Crippen LogP contribution in [-0.4, -0.2) is 26.7 Å². The molecule has 1 atom stereocenters. The Balaban J connectivity index is 1.60. The van der Waals surface area contributed by atoms with Gasteiger partial charge in [0.1, 0.15) is 6.61 Å². The maximum atomic E-state index is 12.1. The van der Waals surface area contributed by atoms with Crippen molar-refractivity contribution < 1.29 is 19.0 Å². The van der Waals surface area contributed by atoms with Gasteiger partial charge in [0.25, 0.3) is 0 Å². The molecule has 138 valence electrons. The van der Waals surface area contributed by atoms with Crippen LogP contribution in [0.1, 0.15) is 35.4 Å². The zero-order valence-electron chi connectivity index (χ0n) is 15.3. The third-order valence-corrected chi connectivity index (χ3v) is 4.73. The monoisotopic (exact) mass is 355 g/mol. The first kappa shape index (κ1) is 18.3. The summed E-state index contributed by atoms with van der Waals surface area (Å²) in [5.41, 5.74) is 3.41. The van der Waals surface area contributed by atoms with Crippen LogP contribution in [0.15, 0.2) is 42.5 Å². The fourth-order valence-corrected chi connectivity index (χ4v) is 3.32. The van der Waals surface area contributed by atoms with Crippen molar-refractivity contribution in [1.29, 1.82) is 0 Å². The van der Waals surface area contributed by atoms with Crippen molar-refractivity contribution in [3.8, 4) is 11.5 Å². The maximum Gasteiger partial charge on any atom is 0.306 e. The molecule has 0 aromatic heterocycles. The van der Waals surface area contributed by atoms with Crippen LogP contribution in [0.4, 0.5) is 0 Å². The summed E-state index contributed by atoms with van der Waals surface area (Å²) in [7, 11) is 3.28. The molecule has 0 bridgehead atoms. The third-order valence-electron chi connectivity index (χ3n) is 4.73. The lowest BCUT2D eigenvalue weighted by molar-refractivity contribution is -0.145.